The Kier molecular flexibility index (Phi) is 7.96. The van der Waals surface area contributed by atoms with Crippen LogP contribution in [0, 0.1) is 0 Å². The van der Waals surface area contributed by atoms with E-state index in [1.54, 1.807) is 24.3 Å². The van der Waals surface area contributed by atoms with E-state index in [2.05, 4.69) is 17.2 Å². The second-order valence-electron chi connectivity index (χ2n) is 6.17. The first-order valence-electron chi connectivity index (χ1n) is 9.00. The molecule has 2 aromatic rings. The minimum absolute atomic E-state index is 0.0956. The Morgan fingerprint density at radius 1 is 1.04 bits per heavy atom. The highest BCUT2D eigenvalue weighted by Crippen LogP contribution is 2.18. The number of ether oxygens (including phenoxy) is 1. The van der Waals surface area contributed by atoms with E-state index in [0.29, 0.717) is 12.1 Å². The number of carbonyl (C=O) groups excluding carboxylic acids is 3. The van der Waals surface area contributed by atoms with Crippen molar-refractivity contribution in [1.29, 1.82) is 0 Å². The van der Waals surface area contributed by atoms with Crippen LogP contribution in [0.5, 0.6) is 0 Å². The first-order valence-corrected chi connectivity index (χ1v) is 9.00. The van der Waals surface area contributed by atoms with Gasteiger partial charge in [-0.15, -0.1) is 6.58 Å². The van der Waals surface area contributed by atoms with Gasteiger partial charge in [0.15, 0.2) is 6.10 Å². The number of esters is 1. The predicted molar refractivity (Wildman–Crippen MR) is 106 cm³/mol. The molecule has 0 saturated carbocycles. The van der Waals surface area contributed by atoms with Crippen molar-refractivity contribution in [3.8, 4) is 0 Å². The summed E-state index contributed by atoms with van der Waals surface area (Å²) in [6.45, 7) is 5.30. The summed E-state index contributed by atoms with van der Waals surface area (Å²) in [7, 11) is 0. The summed E-state index contributed by atoms with van der Waals surface area (Å²) in [5.74, 6) is -1.28. The summed E-state index contributed by atoms with van der Waals surface area (Å²) < 4.78 is 5.21. The molecule has 0 heterocycles. The van der Waals surface area contributed by atoms with Gasteiger partial charge in [-0.05, 0) is 24.6 Å². The van der Waals surface area contributed by atoms with Gasteiger partial charge in [0, 0.05) is 12.1 Å². The lowest BCUT2D eigenvalue weighted by Gasteiger charge is -2.20. The van der Waals surface area contributed by atoms with Gasteiger partial charge in [0.2, 0.25) is 0 Å². The molecule has 2 atom stereocenters. The van der Waals surface area contributed by atoms with Gasteiger partial charge in [0.1, 0.15) is 0 Å². The summed E-state index contributed by atoms with van der Waals surface area (Å²) in [4.78, 5) is 36.7. The normalized spacial score (nSPS) is 12.3. The Bertz CT molecular complexity index is 806. The molecular weight excluding hydrogens is 356 g/mol. The van der Waals surface area contributed by atoms with E-state index >= 15 is 0 Å². The first-order chi connectivity index (χ1) is 13.5. The molecule has 146 valence electrons. The van der Waals surface area contributed by atoms with Crippen molar-refractivity contribution in [2.75, 3.05) is 6.54 Å². The summed E-state index contributed by atoms with van der Waals surface area (Å²) in [5.41, 5.74) is 1.27. The highest BCUT2D eigenvalue weighted by Gasteiger charge is 2.23. The SMILES string of the molecule is C=CCNC(=O)[C@@H](C)OC(=O)C[C@@H](NC(=O)c1ccccc1)c1ccccc1. The van der Waals surface area contributed by atoms with E-state index < -0.39 is 24.0 Å². The molecule has 6 heteroatoms. The van der Waals surface area contributed by atoms with Crippen LogP contribution in [0.15, 0.2) is 73.3 Å². The zero-order valence-corrected chi connectivity index (χ0v) is 15.8. The predicted octanol–water partition coefficient (Wildman–Crippen LogP) is 2.78. The van der Waals surface area contributed by atoms with Gasteiger partial charge in [0.25, 0.3) is 11.8 Å². The molecule has 0 spiro atoms. The van der Waals surface area contributed by atoms with Crippen molar-refractivity contribution < 1.29 is 19.1 Å². The fourth-order valence-corrected chi connectivity index (χ4v) is 2.55. The Hall–Kier alpha value is -3.41. The molecule has 0 aliphatic heterocycles. The molecule has 28 heavy (non-hydrogen) atoms. The average Bonchev–Trinajstić information content (AvgIpc) is 2.72. The van der Waals surface area contributed by atoms with E-state index in [9.17, 15) is 14.4 Å². The third kappa shape index (κ3) is 6.39. The molecule has 0 unspecified atom stereocenters. The summed E-state index contributed by atoms with van der Waals surface area (Å²) in [6, 6.07) is 17.3. The summed E-state index contributed by atoms with van der Waals surface area (Å²) >= 11 is 0. The zero-order chi connectivity index (χ0) is 20.4. The van der Waals surface area contributed by atoms with Crippen LogP contribution >= 0.6 is 0 Å². The Labute approximate surface area is 164 Å². The molecule has 0 fully saturated rings. The van der Waals surface area contributed by atoms with Gasteiger partial charge >= 0.3 is 5.97 Å². The largest absolute Gasteiger partial charge is 0.452 e. The number of nitrogens with one attached hydrogen (secondary N) is 2. The first kappa shape index (κ1) is 20.9. The lowest BCUT2D eigenvalue weighted by molar-refractivity contribution is -0.155. The Morgan fingerprint density at radius 2 is 1.64 bits per heavy atom. The number of rotatable bonds is 9. The van der Waals surface area contributed by atoms with Crippen molar-refractivity contribution in [3.05, 3.63) is 84.4 Å². The third-order valence-corrected chi connectivity index (χ3v) is 4.01. The Morgan fingerprint density at radius 3 is 2.25 bits per heavy atom. The Balaban J connectivity index is 2.05. The third-order valence-electron chi connectivity index (χ3n) is 4.01. The zero-order valence-electron chi connectivity index (χ0n) is 15.8. The maximum atomic E-state index is 12.5. The molecule has 0 aliphatic carbocycles. The molecule has 0 bridgehead atoms. The van der Waals surface area contributed by atoms with Crippen LogP contribution in [0.2, 0.25) is 0 Å². The molecule has 2 amide bonds. The van der Waals surface area contributed by atoms with Crippen molar-refractivity contribution in [1.82, 2.24) is 10.6 Å². The lowest BCUT2D eigenvalue weighted by atomic mass is 10.0. The number of amides is 2. The van der Waals surface area contributed by atoms with Gasteiger partial charge in [0.05, 0.1) is 12.5 Å². The number of carbonyl (C=O) groups is 3. The second-order valence-corrected chi connectivity index (χ2v) is 6.17. The number of benzene rings is 2. The van der Waals surface area contributed by atoms with Gasteiger partial charge < -0.3 is 15.4 Å². The molecule has 6 nitrogen and oxygen atoms in total. The van der Waals surface area contributed by atoms with Crippen molar-refractivity contribution in [2.45, 2.75) is 25.5 Å². The fourth-order valence-electron chi connectivity index (χ4n) is 2.55. The van der Waals surface area contributed by atoms with Crippen LogP contribution in [0.3, 0.4) is 0 Å². The van der Waals surface area contributed by atoms with E-state index in [1.807, 2.05) is 36.4 Å². The molecule has 0 saturated heterocycles. The number of hydrogen-bond donors (Lipinski definition) is 2. The molecule has 0 aromatic heterocycles. The fraction of sp³-hybridized carbons (Fsp3) is 0.227. The van der Waals surface area contributed by atoms with Crippen LogP contribution in [0.1, 0.15) is 35.3 Å². The van der Waals surface area contributed by atoms with Gasteiger partial charge in [-0.1, -0.05) is 54.6 Å². The van der Waals surface area contributed by atoms with Crippen molar-refractivity contribution >= 4 is 17.8 Å². The quantitative estimate of drug-likeness (QED) is 0.518. The van der Waals surface area contributed by atoms with E-state index in [1.165, 1.54) is 13.0 Å². The lowest BCUT2D eigenvalue weighted by Crippen LogP contribution is -2.37. The van der Waals surface area contributed by atoms with Gasteiger partial charge in [-0.3, -0.25) is 14.4 Å². The maximum Gasteiger partial charge on any atom is 0.309 e. The standard InChI is InChI=1S/C22H24N2O4/c1-3-14-23-21(26)16(2)28-20(25)15-19(17-10-6-4-7-11-17)24-22(27)18-12-8-5-9-13-18/h3-13,16,19H,1,14-15H2,2H3,(H,23,26)(H,24,27)/t16-,19-/m1/s1. The van der Waals surface area contributed by atoms with Crippen molar-refractivity contribution in [3.63, 3.8) is 0 Å². The van der Waals surface area contributed by atoms with Crippen LogP contribution < -0.4 is 10.6 Å². The average molecular weight is 380 g/mol. The molecule has 2 N–H and O–H groups in total. The second kappa shape index (κ2) is 10.7. The van der Waals surface area contributed by atoms with Crippen LogP contribution in [0.4, 0.5) is 0 Å². The highest BCUT2D eigenvalue weighted by molar-refractivity contribution is 5.94. The molecule has 2 rings (SSSR count). The summed E-state index contributed by atoms with van der Waals surface area (Å²) in [6.07, 6.45) is 0.507. The van der Waals surface area contributed by atoms with E-state index in [0.717, 1.165) is 5.56 Å². The van der Waals surface area contributed by atoms with Crippen LogP contribution in [0.25, 0.3) is 0 Å². The molecule has 0 aliphatic rings. The summed E-state index contributed by atoms with van der Waals surface area (Å²) in [5, 5.41) is 5.44. The maximum absolute atomic E-state index is 12.5. The van der Waals surface area contributed by atoms with Gasteiger partial charge in [-0.25, -0.2) is 0 Å². The van der Waals surface area contributed by atoms with Crippen LogP contribution in [-0.4, -0.2) is 30.4 Å². The smallest absolute Gasteiger partial charge is 0.309 e. The topological polar surface area (TPSA) is 84.5 Å². The minimum atomic E-state index is -0.936. The monoisotopic (exact) mass is 380 g/mol. The molecule has 2 aromatic carbocycles. The van der Waals surface area contributed by atoms with Crippen LogP contribution in [-0.2, 0) is 14.3 Å². The number of hydrogen-bond acceptors (Lipinski definition) is 4. The van der Waals surface area contributed by atoms with Gasteiger partial charge in [-0.2, -0.15) is 0 Å². The van der Waals surface area contributed by atoms with E-state index in [-0.39, 0.29) is 12.3 Å². The molecular formula is C22H24N2O4. The molecule has 0 radical (unpaired) electrons. The van der Waals surface area contributed by atoms with E-state index in [4.69, 9.17) is 4.74 Å². The highest BCUT2D eigenvalue weighted by atomic mass is 16.5. The van der Waals surface area contributed by atoms with Crippen molar-refractivity contribution in [2.24, 2.45) is 0 Å². The minimum Gasteiger partial charge on any atom is -0.452 e.